The number of carboxylic acid groups (broad SMARTS) is 1. The summed E-state index contributed by atoms with van der Waals surface area (Å²) in [5, 5.41) is 19.0. The average molecular weight is 304 g/mol. The number of nitrogens with one attached hydrogen (secondary N) is 2. The quantitative estimate of drug-likeness (QED) is 0.645. The number of aliphatic carboxylic acids is 1. The van der Waals surface area contributed by atoms with Crippen molar-refractivity contribution in [1.82, 2.24) is 15.5 Å². The van der Waals surface area contributed by atoms with Crippen LogP contribution in [0.1, 0.15) is 37.6 Å². The van der Waals surface area contributed by atoms with E-state index in [0.717, 1.165) is 19.4 Å². The van der Waals surface area contributed by atoms with Gasteiger partial charge < -0.3 is 14.8 Å². The van der Waals surface area contributed by atoms with Gasteiger partial charge in [-0.25, -0.2) is 13.1 Å². The molecule has 0 saturated carbocycles. The number of hydrogen-bond acceptors (Lipinski definition) is 7. The summed E-state index contributed by atoms with van der Waals surface area (Å²) in [4.78, 5) is 10.3. The molecule has 2 heterocycles. The second-order valence-corrected chi connectivity index (χ2v) is 6.35. The molecule has 1 fully saturated rings. The molecule has 0 amide bonds. The van der Waals surface area contributed by atoms with Gasteiger partial charge in [0.15, 0.2) is 0 Å². The molecule has 3 N–H and O–H groups in total. The molecule has 0 spiro atoms. The molecule has 1 atom stereocenters. The fraction of sp³-hybridized carbons (Fsp3) is 0.700. The van der Waals surface area contributed by atoms with Crippen molar-refractivity contribution in [3.8, 4) is 0 Å². The fourth-order valence-electron chi connectivity index (χ4n) is 1.91. The van der Waals surface area contributed by atoms with E-state index in [2.05, 4.69) is 20.2 Å². The van der Waals surface area contributed by atoms with Gasteiger partial charge in [-0.05, 0) is 25.8 Å². The van der Waals surface area contributed by atoms with Crippen LogP contribution in [0.15, 0.2) is 4.42 Å². The van der Waals surface area contributed by atoms with Crippen LogP contribution in [0.3, 0.4) is 0 Å². The van der Waals surface area contributed by atoms with E-state index in [9.17, 15) is 13.2 Å². The zero-order valence-corrected chi connectivity index (χ0v) is 11.5. The van der Waals surface area contributed by atoms with Crippen molar-refractivity contribution in [2.75, 3.05) is 17.0 Å². The summed E-state index contributed by atoms with van der Waals surface area (Å²) >= 11 is 0. The highest BCUT2D eigenvalue weighted by atomic mass is 32.2. The van der Waals surface area contributed by atoms with Crippen LogP contribution in [0, 0.1) is 0 Å². The zero-order valence-electron chi connectivity index (χ0n) is 10.7. The van der Waals surface area contributed by atoms with Crippen LogP contribution in [0.2, 0.25) is 0 Å². The first-order valence-corrected chi connectivity index (χ1v) is 7.90. The maximum absolute atomic E-state index is 11.7. The van der Waals surface area contributed by atoms with Gasteiger partial charge >= 0.3 is 12.0 Å². The monoisotopic (exact) mass is 304 g/mol. The normalized spacial score (nSPS) is 19.1. The van der Waals surface area contributed by atoms with Crippen LogP contribution < -0.4 is 10.0 Å². The number of rotatable bonds is 7. The van der Waals surface area contributed by atoms with Crippen LogP contribution in [0.25, 0.3) is 0 Å². The number of carbonyl (C=O) groups is 1. The van der Waals surface area contributed by atoms with Gasteiger partial charge in [-0.15, -0.1) is 5.10 Å². The number of nitrogens with zero attached hydrogens (tertiary/aromatic N) is 2. The van der Waals surface area contributed by atoms with Crippen molar-refractivity contribution in [3.05, 3.63) is 5.89 Å². The predicted octanol–water partition coefficient (Wildman–Crippen LogP) is 0.101. The first-order valence-electron chi connectivity index (χ1n) is 6.25. The SMILES string of the molecule is O=C(O)CCCS(=O)(=O)Nc1nnc(C2CCCN2)o1. The number of sulfonamides is 1. The summed E-state index contributed by atoms with van der Waals surface area (Å²) in [5.41, 5.74) is 0. The second kappa shape index (κ2) is 6.18. The lowest BCUT2D eigenvalue weighted by Gasteiger charge is -2.04. The maximum atomic E-state index is 11.7. The van der Waals surface area contributed by atoms with Gasteiger partial charge in [0, 0.05) is 6.42 Å². The largest absolute Gasteiger partial charge is 0.481 e. The van der Waals surface area contributed by atoms with Crippen molar-refractivity contribution in [3.63, 3.8) is 0 Å². The Hall–Kier alpha value is -1.68. The number of carboxylic acids is 1. The molecule has 1 aliphatic rings. The van der Waals surface area contributed by atoms with E-state index in [1.807, 2.05) is 0 Å². The summed E-state index contributed by atoms with van der Waals surface area (Å²) in [6.07, 6.45) is 1.69. The van der Waals surface area contributed by atoms with Gasteiger partial charge in [-0.2, -0.15) is 0 Å². The Morgan fingerprint density at radius 2 is 2.30 bits per heavy atom. The number of anilines is 1. The minimum atomic E-state index is -3.67. The van der Waals surface area contributed by atoms with Gasteiger partial charge in [-0.1, -0.05) is 5.10 Å². The number of aromatic nitrogens is 2. The Balaban J connectivity index is 1.90. The van der Waals surface area contributed by atoms with E-state index in [4.69, 9.17) is 9.52 Å². The molecule has 0 radical (unpaired) electrons. The van der Waals surface area contributed by atoms with E-state index in [1.165, 1.54) is 0 Å². The third-order valence-corrected chi connectivity index (χ3v) is 4.16. The molecule has 1 aromatic heterocycles. The van der Waals surface area contributed by atoms with Gasteiger partial charge in [0.2, 0.25) is 15.9 Å². The standard InChI is InChI=1S/C10H16N4O5S/c15-8(16)4-2-6-20(17,18)14-10-13-12-9(19-10)7-3-1-5-11-7/h7,11H,1-6H2,(H,13,14)(H,15,16). The molecular weight excluding hydrogens is 288 g/mol. The second-order valence-electron chi connectivity index (χ2n) is 4.51. The van der Waals surface area contributed by atoms with Crippen LogP contribution in [0.4, 0.5) is 6.01 Å². The van der Waals surface area contributed by atoms with Crippen molar-refractivity contribution >= 4 is 22.0 Å². The smallest absolute Gasteiger partial charge is 0.329 e. The lowest BCUT2D eigenvalue weighted by Crippen LogP contribution is -2.17. The van der Waals surface area contributed by atoms with Crippen molar-refractivity contribution < 1.29 is 22.7 Å². The molecule has 1 unspecified atom stereocenters. The summed E-state index contributed by atoms with van der Waals surface area (Å²) in [5.74, 6) is -0.989. The lowest BCUT2D eigenvalue weighted by atomic mass is 10.2. The van der Waals surface area contributed by atoms with E-state index in [-0.39, 0.29) is 30.7 Å². The van der Waals surface area contributed by atoms with Crippen molar-refractivity contribution in [1.29, 1.82) is 0 Å². The lowest BCUT2D eigenvalue weighted by molar-refractivity contribution is -0.137. The van der Waals surface area contributed by atoms with Gasteiger partial charge in [0.1, 0.15) is 0 Å². The van der Waals surface area contributed by atoms with E-state index in [1.54, 1.807) is 0 Å². The topological polar surface area (TPSA) is 134 Å². The molecule has 0 bridgehead atoms. The Labute approximate surface area is 115 Å². The third-order valence-electron chi connectivity index (χ3n) is 2.85. The van der Waals surface area contributed by atoms with Gasteiger partial charge in [0.05, 0.1) is 11.8 Å². The molecule has 10 heteroatoms. The fourth-order valence-corrected chi connectivity index (χ4v) is 2.88. The molecule has 0 aliphatic carbocycles. The Morgan fingerprint density at radius 3 is 2.95 bits per heavy atom. The van der Waals surface area contributed by atoms with Gasteiger partial charge in [0.25, 0.3) is 0 Å². The van der Waals surface area contributed by atoms with E-state index < -0.39 is 16.0 Å². The minimum Gasteiger partial charge on any atom is -0.481 e. The minimum absolute atomic E-state index is 0.0237. The predicted molar refractivity (Wildman–Crippen MR) is 68.6 cm³/mol. The molecular formula is C10H16N4O5S. The highest BCUT2D eigenvalue weighted by molar-refractivity contribution is 7.92. The molecule has 0 aromatic carbocycles. The zero-order chi connectivity index (χ0) is 14.6. The van der Waals surface area contributed by atoms with Crippen LogP contribution in [-0.2, 0) is 14.8 Å². The molecule has 20 heavy (non-hydrogen) atoms. The molecule has 2 rings (SSSR count). The summed E-state index contributed by atoms with van der Waals surface area (Å²) in [7, 11) is -3.67. The van der Waals surface area contributed by atoms with Crippen molar-refractivity contribution in [2.24, 2.45) is 0 Å². The molecule has 1 aliphatic heterocycles. The Bertz CT molecular complexity index is 564. The van der Waals surface area contributed by atoms with E-state index in [0.29, 0.717) is 5.89 Å². The van der Waals surface area contributed by atoms with Crippen LogP contribution >= 0.6 is 0 Å². The molecule has 9 nitrogen and oxygen atoms in total. The van der Waals surface area contributed by atoms with Crippen LogP contribution in [0.5, 0.6) is 0 Å². The Kier molecular flexibility index (Phi) is 4.55. The molecule has 112 valence electrons. The van der Waals surface area contributed by atoms with Gasteiger partial charge in [-0.3, -0.25) is 4.79 Å². The van der Waals surface area contributed by atoms with Crippen molar-refractivity contribution in [2.45, 2.75) is 31.7 Å². The van der Waals surface area contributed by atoms with Crippen LogP contribution in [-0.4, -0.2) is 42.0 Å². The first kappa shape index (κ1) is 14.7. The summed E-state index contributed by atoms with van der Waals surface area (Å²) in [6, 6.07) is -0.225. The summed E-state index contributed by atoms with van der Waals surface area (Å²) in [6.45, 7) is 0.864. The highest BCUT2D eigenvalue weighted by Crippen LogP contribution is 2.23. The first-order chi connectivity index (χ1) is 9.46. The van der Waals surface area contributed by atoms with E-state index >= 15 is 0 Å². The number of hydrogen-bond donors (Lipinski definition) is 3. The highest BCUT2D eigenvalue weighted by Gasteiger charge is 2.23. The third kappa shape index (κ3) is 4.17. The maximum Gasteiger partial charge on any atom is 0.329 e. The molecule has 1 aromatic rings. The average Bonchev–Trinajstić information content (AvgIpc) is 2.96. The summed E-state index contributed by atoms with van der Waals surface area (Å²) < 4.78 is 30.7. The molecule has 1 saturated heterocycles. The Morgan fingerprint density at radius 1 is 1.50 bits per heavy atom.